The van der Waals surface area contributed by atoms with Gasteiger partial charge in [-0.3, -0.25) is 9.69 Å². The molecule has 0 unspecified atom stereocenters. The van der Waals surface area contributed by atoms with E-state index >= 15 is 0 Å². The van der Waals surface area contributed by atoms with Crippen molar-refractivity contribution in [3.8, 4) is 0 Å². The standard InChI is InChI=1S/C24H32N4O/c1-3-21-25-23-27(22(29)18-11-9-10-17(2)16-18)20-13-6-5-12-19(20)24(28(23)26-21)14-7-4-8-15-24/h9-11,16,19-20H,3-8,12-15H2,1-2H3/t19-,20+/m1/s1. The first-order valence-corrected chi connectivity index (χ1v) is 11.5. The SMILES string of the molecule is CCc1nc2n(n1)C1(CCCCC1)[C@@H]1CCCC[C@@H]1N2C(=O)c1cccc(C)c1. The summed E-state index contributed by atoms with van der Waals surface area (Å²) in [6.45, 7) is 4.15. The minimum absolute atomic E-state index is 0.0580. The molecule has 3 aliphatic rings. The Balaban J connectivity index is 1.67. The predicted molar refractivity (Wildman–Crippen MR) is 114 cm³/mol. The highest BCUT2D eigenvalue weighted by Crippen LogP contribution is 2.52. The molecular weight excluding hydrogens is 360 g/mol. The Morgan fingerprint density at radius 2 is 1.93 bits per heavy atom. The summed E-state index contributed by atoms with van der Waals surface area (Å²) < 4.78 is 2.21. The lowest BCUT2D eigenvalue weighted by molar-refractivity contribution is 0.0311. The van der Waals surface area contributed by atoms with Gasteiger partial charge in [-0.05, 0) is 44.7 Å². The van der Waals surface area contributed by atoms with Crippen molar-refractivity contribution in [1.82, 2.24) is 14.8 Å². The van der Waals surface area contributed by atoms with Gasteiger partial charge in [0, 0.05) is 23.9 Å². The number of fused-ring (bicyclic) bond motifs is 4. The first-order chi connectivity index (χ1) is 14.1. The molecule has 154 valence electrons. The quantitative estimate of drug-likeness (QED) is 0.720. The molecule has 2 aliphatic carbocycles. The van der Waals surface area contributed by atoms with Crippen molar-refractivity contribution in [3.05, 3.63) is 41.2 Å². The van der Waals surface area contributed by atoms with Crippen molar-refractivity contribution < 1.29 is 4.79 Å². The van der Waals surface area contributed by atoms with Crippen LogP contribution in [0.5, 0.6) is 0 Å². The molecule has 1 aromatic carbocycles. The van der Waals surface area contributed by atoms with Crippen LogP contribution < -0.4 is 4.90 Å². The molecule has 5 rings (SSSR count). The number of hydrogen-bond acceptors (Lipinski definition) is 3. The molecule has 2 saturated carbocycles. The van der Waals surface area contributed by atoms with Crippen LogP contribution in [-0.4, -0.2) is 26.7 Å². The third-order valence-corrected chi connectivity index (χ3v) is 7.54. The van der Waals surface area contributed by atoms with Gasteiger partial charge in [0.15, 0.2) is 5.82 Å². The Hall–Kier alpha value is -2.17. The molecule has 2 aromatic rings. The Morgan fingerprint density at radius 3 is 2.69 bits per heavy atom. The maximum atomic E-state index is 13.8. The van der Waals surface area contributed by atoms with Crippen LogP contribution in [0.1, 0.15) is 86.5 Å². The number of amides is 1. The van der Waals surface area contributed by atoms with E-state index in [0.717, 1.165) is 35.7 Å². The first-order valence-electron chi connectivity index (χ1n) is 11.5. The minimum Gasteiger partial charge on any atom is -0.273 e. The molecule has 1 aromatic heterocycles. The normalized spacial score (nSPS) is 25.5. The van der Waals surface area contributed by atoms with Gasteiger partial charge in [0.1, 0.15) is 0 Å². The molecule has 0 bridgehead atoms. The first kappa shape index (κ1) is 18.8. The number of carbonyl (C=O) groups is 1. The molecule has 0 saturated heterocycles. The highest BCUT2D eigenvalue weighted by molar-refractivity contribution is 6.06. The molecule has 1 spiro atoms. The molecule has 1 amide bonds. The number of anilines is 1. The second kappa shape index (κ2) is 7.26. The van der Waals surface area contributed by atoms with Crippen LogP contribution in [0, 0.1) is 12.8 Å². The fraction of sp³-hybridized carbons (Fsp3) is 0.625. The van der Waals surface area contributed by atoms with Crippen molar-refractivity contribution in [2.75, 3.05) is 4.90 Å². The average molecular weight is 393 g/mol. The fourth-order valence-electron chi connectivity index (χ4n) is 6.21. The smallest absolute Gasteiger partial charge is 0.260 e. The molecule has 5 nitrogen and oxygen atoms in total. The van der Waals surface area contributed by atoms with Gasteiger partial charge in [-0.1, -0.05) is 56.7 Å². The third kappa shape index (κ3) is 2.92. The molecule has 1 aliphatic heterocycles. The van der Waals surface area contributed by atoms with Gasteiger partial charge in [0.2, 0.25) is 5.95 Å². The largest absolute Gasteiger partial charge is 0.273 e. The van der Waals surface area contributed by atoms with Crippen molar-refractivity contribution in [2.24, 2.45) is 5.92 Å². The summed E-state index contributed by atoms with van der Waals surface area (Å²) in [5, 5.41) is 4.99. The number of benzene rings is 1. The Bertz CT molecular complexity index is 911. The Labute approximate surface area is 173 Å². The second-order valence-corrected chi connectivity index (χ2v) is 9.26. The van der Waals surface area contributed by atoms with Crippen LogP contribution in [0.4, 0.5) is 5.95 Å². The van der Waals surface area contributed by atoms with Crippen LogP contribution in [0.25, 0.3) is 0 Å². The van der Waals surface area contributed by atoms with Gasteiger partial charge in [0.05, 0.1) is 5.54 Å². The highest BCUT2D eigenvalue weighted by atomic mass is 16.2. The van der Waals surface area contributed by atoms with Gasteiger partial charge >= 0.3 is 0 Å². The van der Waals surface area contributed by atoms with E-state index in [1.54, 1.807) is 0 Å². The van der Waals surface area contributed by atoms with Gasteiger partial charge in [-0.2, -0.15) is 10.1 Å². The fourth-order valence-corrected chi connectivity index (χ4v) is 6.21. The molecule has 5 heteroatoms. The van der Waals surface area contributed by atoms with E-state index in [4.69, 9.17) is 10.1 Å². The van der Waals surface area contributed by atoms with E-state index in [-0.39, 0.29) is 17.5 Å². The molecule has 0 radical (unpaired) electrons. The van der Waals surface area contributed by atoms with E-state index in [1.165, 1.54) is 51.4 Å². The lowest BCUT2D eigenvalue weighted by atomic mass is 9.64. The van der Waals surface area contributed by atoms with Gasteiger partial charge in [-0.25, -0.2) is 4.68 Å². The van der Waals surface area contributed by atoms with Crippen LogP contribution >= 0.6 is 0 Å². The van der Waals surface area contributed by atoms with Gasteiger partial charge in [0.25, 0.3) is 5.91 Å². The van der Waals surface area contributed by atoms with Crippen LogP contribution in [0.15, 0.2) is 24.3 Å². The summed E-state index contributed by atoms with van der Waals surface area (Å²) in [5.41, 5.74) is 1.94. The molecular formula is C24H32N4O. The molecule has 0 N–H and O–H groups in total. The zero-order valence-electron chi connectivity index (χ0n) is 17.7. The second-order valence-electron chi connectivity index (χ2n) is 9.26. The average Bonchev–Trinajstić information content (AvgIpc) is 3.20. The topological polar surface area (TPSA) is 51.0 Å². The van der Waals surface area contributed by atoms with Crippen molar-refractivity contribution in [2.45, 2.75) is 89.6 Å². The van der Waals surface area contributed by atoms with Crippen LogP contribution in [0.2, 0.25) is 0 Å². The Kier molecular flexibility index (Phi) is 4.72. The van der Waals surface area contributed by atoms with Crippen molar-refractivity contribution in [1.29, 1.82) is 0 Å². The summed E-state index contributed by atoms with van der Waals surface area (Å²) in [7, 11) is 0. The number of aryl methyl sites for hydroxylation is 2. The van der Waals surface area contributed by atoms with Crippen molar-refractivity contribution in [3.63, 3.8) is 0 Å². The lowest BCUT2D eigenvalue weighted by Crippen LogP contribution is -2.61. The summed E-state index contributed by atoms with van der Waals surface area (Å²) in [6.07, 6.45) is 11.7. The molecule has 2 heterocycles. The summed E-state index contributed by atoms with van der Waals surface area (Å²) in [5.74, 6) is 2.25. The number of hydrogen-bond donors (Lipinski definition) is 0. The summed E-state index contributed by atoms with van der Waals surface area (Å²) in [4.78, 5) is 20.7. The van der Waals surface area contributed by atoms with E-state index < -0.39 is 0 Å². The third-order valence-electron chi connectivity index (χ3n) is 7.54. The van der Waals surface area contributed by atoms with Gasteiger partial charge in [-0.15, -0.1) is 0 Å². The van der Waals surface area contributed by atoms with E-state index in [1.807, 2.05) is 36.1 Å². The monoisotopic (exact) mass is 392 g/mol. The zero-order valence-corrected chi connectivity index (χ0v) is 17.7. The maximum Gasteiger partial charge on any atom is 0.260 e. The Morgan fingerprint density at radius 1 is 1.14 bits per heavy atom. The minimum atomic E-state index is 0.0580. The predicted octanol–water partition coefficient (Wildman–Crippen LogP) is 5.03. The van der Waals surface area contributed by atoms with E-state index in [9.17, 15) is 4.79 Å². The van der Waals surface area contributed by atoms with Gasteiger partial charge < -0.3 is 0 Å². The lowest BCUT2D eigenvalue weighted by Gasteiger charge is -2.55. The molecule has 2 fully saturated rings. The highest BCUT2D eigenvalue weighted by Gasteiger charge is 2.55. The van der Waals surface area contributed by atoms with Crippen molar-refractivity contribution >= 4 is 11.9 Å². The van der Waals surface area contributed by atoms with E-state index in [0.29, 0.717) is 5.92 Å². The maximum absolute atomic E-state index is 13.8. The van der Waals surface area contributed by atoms with Crippen LogP contribution in [-0.2, 0) is 12.0 Å². The molecule has 29 heavy (non-hydrogen) atoms. The number of aromatic nitrogens is 3. The number of nitrogens with zero attached hydrogens (tertiary/aromatic N) is 4. The number of carbonyl (C=O) groups excluding carboxylic acids is 1. The zero-order chi connectivity index (χ0) is 20.0. The van der Waals surface area contributed by atoms with Crippen LogP contribution in [0.3, 0.4) is 0 Å². The summed E-state index contributed by atoms with van der Waals surface area (Å²) in [6, 6.07) is 8.23. The number of rotatable bonds is 2. The molecule has 2 atom stereocenters. The van der Waals surface area contributed by atoms with E-state index in [2.05, 4.69) is 11.6 Å². The summed E-state index contributed by atoms with van der Waals surface area (Å²) >= 11 is 0.